The summed E-state index contributed by atoms with van der Waals surface area (Å²) < 4.78 is 0. The van der Waals surface area contributed by atoms with Crippen LogP contribution >= 0.6 is 0 Å². The maximum absolute atomic E-state index is 5.80. The topological polar surface area (TPSA) is 75.1 Å². The first-order valence-corrected chi connectivity index (χ1v) is 6.09. The van der Waals surface area contributed by atoms with E-state index in [1.165, 1.54) is 11.1 Å². The Morgan fingerprint density at radius 2 is 1.79 bits per heavy atom. The van der Waals surface area contributed by atoms with Gasteiger partial charge in [-0.25, -0.2) is 0 Å². The van der Waals surface area contributed by atoms with Crippen molar-refractivity contribution in [1.82, 2.24) is 5.32 Å². The summed E-state index contributed by atoms with van der Waals surface area (Å²) in [6.07, 6.45) is 0. The molecule has 0 aromatic heterocycles. The quantitative estimate of drug-likeness (QED) is 0.629. The van der Waals surface area contributed by atoms with Gasteiger partial charge >= 0.3 is 0 Å². The van der Waals surface area contributed by atoms with Crippen LogP contribution in [0, 0.1) is 6.92 Å². The molecule has 102 valence electrons. The second kappa shape index (κ2) is 7.31. The molecule has 0 spiro atoms. The fourth-order valence-corrected chi connectivity index (χ4v) is 1.70. The van der Waals surface area contributed by atoms with E-state index in [-0.39, 0.29) is 0 Å². The van der Waals surface area contributed by atoms with E-state index < -0.39 is 0 Å². The highest BCUT2D eigenvalue weighted by atomic mass is 15.0. The van der Waals surface area contributed by atoms with Crippen LogP contribution in [-0.2, 0) is 6.54 Å². The van der Waals surface area contributed by atoms with E-state index >= 15 is 0 Å². The number of hydrogen-bond acceptors (Lipinski definition) is 3. The Morgan fingerprint density at radius 1 is 1.11 bits per heavy atom. The maximum atomic E-state index is 5.80. The van der Waals surface area contributed by atoms with Crippen molar-refractivity contribution in [3.8, 4) is 0 Å². The molecule has 0 bridgehead atoms. The Hall–Kier alpha value is -2.17. The lowest BCUT2D eigenvalue weighted by Gasteiger charge is -2.12. The van der Waals surface area contributed by atoms with Gasteiger partial charge in [-0.1, -0.05) is 24.3 Å². The lowest BCUT2D eigenvalue weighted by atomic mass is 10.1. The lowest BCUT2D eigenvalue weighted by molar-refractivity contribution is 0.910. The molecule has 0 aliphatic heterocycles. The zero-order valence-corrected chi connectivity index (χ0v) is 11.9. The highest BCUT2D eigenvalue weighted by Gasteiger charge is 2.11. The zero-order chi connectivity index (χ0) is 14.3. The Bertz CT molecular complexity index is 514. The third-order valence-corrected chi connectivity index (χ3v) is 2.86. The summed E-state index contributed by atoms with van der Waals surface area (Å²) >= 11 is 0. The van der Waals surface area contributed by atoms with Gasteiger partial charge in [0.05, 0.1) is 0 Å². The number of nitrogens with two attached hydrogens (primary N) is 1. The van der Waals surface area contributed by atoms with Gasteiger partial charge in [0, 0.05) is 27.7 Å². The average molecular weight is 259 g/mol. The molecule has 0 atom stereocenters. The predicted octanol–water partition coefficient (Wildman–Crippen LogP) is 1.17. The summed E-state index contributed by atoms with van der Waals surface area (Å²) in [4.78, 5) is 12.3. The largest absolute Gasteiger partial charge is 0.382 e. The van der Waals surface area contributed by atoms with E-state index in [0.29, 0.717) is 23.9 Å². The van der Waals surface area contributed by atoms with Crippen LogP contribution in [0.2, 0.25) is 0 Å². The number of rotatable bonds is 4. The van der Waals surface area contributed by atoms with E-state index in [4.69, 9.17) is 5.73 Å². The summed E-state index contributed by atoms with van der Waals surface area (Å²) in [5, 5.41) is 3.25. The minimum Gasteiger partial charge on any atom is -0.382 e. The Balaban J connectivity index is 2.83. The number of nitrogens with zero attached hydrogens (tertiary/aromatic N) is 3. The molecule has 0 amide bonds. The normalized spacial score (nSPS) is 13.6. The summed E-state index contributed by atoms with van der Waals surface area (Å²) in [6, 6.07) is 8.20. The van der Waals surface area contributed by atoms with Crippen LogP contribution < -0.4 is 11.1 Å². The molecule has 0 radical (unpaired) electrons. The Kier molecular flexibility index (Phi) is 5.73. The molecule has 0 saturated carbocycles. The number of nitrogens with one attached hydrogen (secondary N) is 1. The number of aliphatic imine (C=N–C) groups is 3. The molecular formula is C14H21N5. The highest BCUT2D eigenvalue weighted by molar-refractivity contribution is 6.67. The first kappa shape index (κ1) is 14.9. The minimum atomic E-state index is 0.375. The summed E-state index contributed by atoms with van der Waals surface area (Å²) in [7, 11) is 5.01. The molecule has 0 heterocycles. The first-order valence-electron chi connectivity index (χ1n) is 6.09. The van der Waals surface area contributed by atoms with Gasteiger partial charge in [0.2, 0.25) is 0 Å². The van der Waals surface area contributed by atoms with Crippen molar-refractivity contribution in [2.24, 2.45) is 20.7 Å². The van der Waals surface area contributed by atoms with E-state index in [1.54, 1.807) is 21.1 Å². The molecule has 0 fully saturated rings. The fourth-order valence-electron chi connectivity index (χ4n) is 1.70. The van der Waals surface area contributed by atoms with Crippen LogP contribution in [0.25, 0.3) is 0 Å². The smallest absolute Gasteiger partial charge is 0.150 e. The number of aryl methyl sites for hydroxylation is 1. The van der Waals surface area contributed by atoms with Gasteiger partial charge in [0.25, 0.3) is 0 Å². The standard InChI is InChI=1S/C14H21N5/c1-10-7-5-6-8-11(10)9-19-14(18-4)12(16-2)13(15)17-3/h5-8H,9H2,1-4H3,(H2,15,17)(H,18,19)/b16-12+. The Labute approximate surface area is 114 Å². The van der Waals surface area contributed by atoms with Crippen molar-refractivity contribution in [3.05, 3.63) is 35.4 Å². The molecule has 0 aliphatic rings. The van der Waals surface area contributed by atoms with Crippen LogP contribution in [0.5, 0.6) is 0 Å². The number of benzene rings is 1. The molecule has 1 aromatic carbocycles. The fraction of sp³-hybridized carbons (Fsp3) is 0.357. The van der Waals surface area contributed by atoms with Crippen molar-refractivity contribution >= 4 is 17.4 Å². The molecule has 3 N–H and O–H groups in total. The maximum Gasteiger partial charge on any atom is 0.150 e. The minimum absolute atomic E-state index is 0.375. The number of amidine groups is 2. The molecule has 1 rings (SSSR count). The van der Waals surface area contributed by atoms with Crippen molar-refractivity contribution in [3.63, 3.8) is 0 Å². The van der Waals surface area contributed by atoms with Gasteiger partial charge in [-0.15, -0.1) is 0 Å². The SMILES string of the molecule is CN=C(NCc1ccccc1C)C(=N/C)/C(N)=N\C. The lowest BCUT2D eigenvalue weighted by Crippen LogP contribution is -2.39. The second-order valence-corrected chi connectivity index (χ2v) is 4.03. The van der Waals surface area contributed by atoms with Gasteiger partial charge in [-0.3, -0.25) is 15.0 Å². The summed E-state index contributed by atoms with van der Waals surface area (Å²) in [6.45, 7) is 2.76. The second-order valence-electron chi connectivity index (χ2n) is 4.03. The average Bonchev–Trinajstić information content (AvgIpc) is 2.44. The van der Waals surface area contributed by atoms with Crippen LogP contribution in [0.1, 0.15) is 11.1 Å². The molecule has 5 heteroatoms. The molecule has 19 heavy (non-hydrogen) atoms. The molecule has 5 nitrogen and oxygen atoms in total. The van der Waals surface area contributed by atoms with Crippen LogP contribution in [0.3, 0.4) is 0 Å². The van der Waals surface area contributed by atoms with Crippen molar-refractivity contribution in [2.75, 3.05) is 21.1 Å². The van der Waals surface area contributed by atoms with Gasteiger partial charge in [-0.05, 0) is 18.1 Å². The first-order chi connectivity index (χ1) is 9.13. The summed E-state index contributed by atoms with van der Waals surface area (Å²) in [5.41, 5.74) is 8.83. The summed E-state index contributed by atoms with van der Waals surface area (Å²) in [5.74, 6) is 1.02. The van der Waals surface area contributed by atoms with Crippen LogP contribution in [0.15, 0.2) is 39.2 Å². The third-order valence-electron chi connectivity index (χ3n) is 2.86. The molecule has 1 aromatic rings. The third kappa shape index (κ3) is 3.91. The molecule has 0 unspecified atom stereocenters. The van der Waals surface area contributed by atoms with Crippen LogP contribution in [0.4, 0.5) is 0 Å². The van der Waals surface area contributed by atoms with E-state index in [1.807, 2.05) is 12.1 Å². The molecule has 0 aliphatic carbocycles. The van der Waals surface area contributed by atoms with Crippen molar-refractivity contribution < 1.29 is 0 Å². The van der Waals surface area contributed by atoms with Gasteiger partial charge < -0.3 is 11.1 Å². The molecular weight excluding hydrogens is 238 g/mol. The van der Waals surface area contributed by atoms with E-state index in [0.717, 1.165) is 0 Å². The van der Waals surface area contributed by atoms with Gasteiger partial charge in [0.1, 0.15) is 11.5 Å². The zero-order valence-electron chi connectivity index (χ0n) is 11.9. The predicted molar refractivity (Wildman–Crippen MR) is 82.3 cm³/mol. The van der Waals surface area contributed by atoms with E-state index in [9.17, 15) is 0 Å². The molecule has 0 saturated heterocycles. The van der Waals surface area contributed by atoms with Gasteiger partial charge in [-0.2, -0.15) is 0 Å². The van der Waals surface area contributed by atoms with Gasteiger partial charge in [0.15, 0.2) is 5.84 Å². The number of hydrogen-bond donors (Lipinski definition) is 2. The monoisotopic (exact) mass is 259 g/mol. The van der Waals surface area contributed by atoms with Crippen molar-refractivity contribution in [1.29, 1.82) is 0 Å². The highest BCUT2D eigenvalue weighted by Crippen LogP contribution is 2.06. The van der Waals surface area contributed by atoms with E-state index in [2.05, 4.69) is 39.4 Å². The van der Waals surface area contributed by atoms with Crippen molar-refractivity contribution in [2.45, 2.75) is 13.5 Å². The van der Waals surface area contributed by atoms with Crippen LogP contribution in [-0.4, -0.2) is 38.5 Å². The Morgan fingerprint density at radius 3 is 2.32 bits per heavy atom.